The number of para-hydroxylation sites is 1. The van der Waals surface area contributed by atoms with Gasteiger partial charge in [0.1, 0.15) is 0 Å². The Balaban J connectivity index is 1.42. The molecule has 5 rings (SSSR count). The summed E-state index contributed by atoms with van der Waals surface area (Å²) >= 11 is 1.61. The van der Waals surface area contributed by atoms with Crippen LogP contribution in [0.15, 0.2) is 71.6 Å². The van der Waals surface area contributed by atoms with Crippen molar-refractivity contribution in [2.75, 3.05) is 21.1 Å². The first-order valence-corrected chi connectivity index (χ1v) is 11.1. The molecule has 32 heavy (non-hydrogen) atoms. The Bertz CT molecular complexity index is 1220. The van der Waals surface area contributed by atoms with E-state index in [1.165, 1.54) is 34.3 Å². The van der Waals surface area contributed by atoms with Crippen LogP contribution in [0.5, 0.6) is 0 Å². The molecule has 7 nitrogen and oxygen atoms in total. The van der Waals surface area contributed by atoms with Crippen LogP contribution in [0.2, 0.25) is 0 Å². The molecule has 3 aromatic rings. The average Bonchev–Trinajstić information content (AvgIpc) is 2.79. The molecule has 0 saturated heterocycles. The highest BCUT2D eigenvalue weighted by Crippen LogP contribution is 2.37. The van der Waals surface area contributed by atoms with Gasteiger partial charge in [0, 0.05) is 17.1 Å². The van der Waals surface area contributed by atoms with Crippen LogP contribution < -0.4 is 14.5 Å². The zero-order valence-electron chi connectivity index (χ0n) is 17.1. The van der Waals surface area contributed by atoms with Gasteiger partial charge in [0.05, 0.1) is 22.5 Å². The van der Waals surface area contributed by atoms with E-state index in [1.54, 1.807) is 18.0 Å². The Morgan fingerprint density at radius 3 is 2.75 bits per heavy atom. The number of nitrogens with one attached hydrogen (secondary N) is 1. The molecule has 0 radical (unpaired) electrons. The Morgan fingerprint density at radius 2 is 1.91 bits per heavy atom. The number of carbonyl (C=O) groups excluding carboxylic acids is 1. The number of aromatic carboxylic acids is 1. The molecule has 1 amide bonds. The lowest BCUT2D eigenvalue weighted by molar-refractivity contribution is 0.0695. The quantitative estimate of drug-likeness (QED) is 0.516. The minimum Gasteiger partial charge on any atom is -0.478 e. The minimum atomic E-state index is -1.31. The highest BCUT2D eigenvalue weighted by atomic mass is 32.2. The van der Waals surface area contributed by atoms with E-state index in [0.717, 1.165) is 24.3 Å². The second kappa shape index (κ2) is 8.22. The summed E-state index contributed by atoms with van der Waals surface area (Å²) in [6.45, 7) is 0.929. The summed E-state index contributed by atoms with van der Waals surface area (Å²) in [5.74, 6) is -1.49. The van der Waals surface area contributed by atoms with E-state index < -0.39 is 18.2 Å². The van der Waals surface area contributed by atoms with E-state index in [2.05, 4.69) is 27.8 Å². The van der Waals surface area contributed by atoms with Crippen molar-refractivity contribution in [3.63, 3.8) is 0 Å². The first-order valence-electron chi connectivity index (χ1n) is 10.3. The fourth-order valence-corrected chi connectivity index (χ4v) is 5.16. The molecule has 0 saturated carbocycles. The molecule has 1 atom stereocenters. The van der Waals surface area contributed by atoms with Crippen molar-refractivity contribution in [1.82, 2.24) is 0 Å². The van der Waals surface area contributed by atoms with Crippen molar-refractivity contribution >= 4 is 40.9 Å². The number of fused-ring (bicyclic) bond motifs is 2. The van der Waals surface area contributed by atoms with Crippen molar-refractivity contribution in [2.45, 2.75) is 24.1 Å². The molecule has 162 valence electrons. The number of aryl methyl sites for hydroxylation is 1. The average molecular weight is 448 g/mol. The van der Waals surface area contributed by atoms with Gasteiger partial charge in [-0.05, 0) is 72.8 Å². The maximum Gasteiger partial charge on any atom is 0.335 e. The molecule has 0 bridgehead atoms. The Labute approximate surface area is 189 Å². The molecule has 2 aliphatic rings. The summed E-state index contributed by atoms with van der Waals surface area (Å²) in [6, 6.07) is 20.1. The topological polar surface area (TPSA) is 93.1 Å². The summed E-state index contributed by atoms with van der Waals surface area (Å²) in [5.41, 5.74) is 3.74. The molecule has 3 N–H and O–H groups in total. The third-order valence-electron chi connectivity index (χ3n) is 5.62. The SMILES string of the molecule is O=C(O)c1ccc2c(c1)NC(O)N(c1cccc(SN3CCCc4ccccc43)c1)C2=O. The number of aliphatic hydroxyl groups excluding tert-OH is 1. The van der Waals surface area contributed by atoms with E-state index in [4.69, 9.17) is 0 Å². The van der Waals surface area contributed by atoms with Crippen LogP contribution in [0.25, 0.3) is 0 Å². The van der Waals surface area contributed by atoms with Gasteiger partial charge in [-0.2, -0.15) is 0 Å². The van der Waals surface area contributed by atoms with E-state index in [0.29, 0.717) is 16.9 Å². The third-order valence-corrected chi connectivity index (χ3v) is 6.69. The van der Waals surface area contributed by atoms with Crippen LogP contribution in [-0.2, 0) is 6.42 Å². The second-order valence-electron chi connectivity index (χ2n) is 7.68. The van der Waals surface area contributed by atoms with Crippen LogP contribution in [0.4, 0.5) is 17.1 Å². The Kier molecular flexibility index (Phi) is 5.24. The first kappa shape index (κ1) is 20.4. The molecule has 0 aliphatic carbocycles. The van der Waals surface area contributed by atoms with Gasteiger partial charge in [-0.25, -0.2) is 4.79 Å². The Hall–Kier alpha value is -3.49. The van der Waals surface area contributed by atoms with E-state index >= 15 is 0 Å². The number of amides is 1. The summed E-state index contributed by atoms with van der Waals surface area (Å²) in [6.07, 6.45) is 0.831. The number of carbonyl (C=O) groups is 2. The fraction of sp³-hybridized carbons (Fsp3) is 0.167. The van der Waals surface area contributed by atoms with E-state index in [9.17, 15) is 19.8 Å². The molecule has 1 unspecified atom stereocenters. The summed E-state index contributed by atoms with van der Waals surface area (Å²) in [5, 5.41) is 22.7. The normalized spacial score (nSPS) is 17.4. The second-order valence-corrected chi connectivity index (χ2v) is 8.78. The zero-order valence-corrected chi connectivity index (χ0v) is 17.9. The maximum absolute atomic E-state index is 13.1. The summed E-state index contributed by atoms with van der Waals surface area (Å²) in [7, 11) is 0. The molecular weight excluding hydrogens is 426 g/mol. The third kappa shape index (κ3) is 3.68. The number of hydrogen-bond acceptors (Lipinski definition) is 6. The number of anilines is 3. The van der Waals surface area contributed by atoms with Gasteiger partial charge in [-0.3, -0.25) is 9.69 Å². The molecule has 8 heteroatoms. The lowest BCUT2D eigenvalue weighted by atomic mass is 10.0. The van der Waals surface area contributed by atoms with Gasteiger partial charge in [0.15, 0.2) is 0 Å². The lowest BCUT2D eigenvalue weighted by Crippen LogP contribution is -2.49. The van der Waals surface area contributed by atoms with Crippen LogP contribution in [0.1, 0.15) is 32.7 Å². The van der Waals surface area contributed by atoms with Gasteiger partial charge in [0.2, 0.25) is 6.35 Å². The van der Waals surface area contributed by atoms with Crippen LogP contribution in [0, 0.1) is 0 Å². The number of rotatable bonds is 4. The smallest absolute Gasteiger partial charge is 0.335 e. The monoisotopic (exact) mass is 447 g/mol. The standard InChI is InChI=1S/C24H21N3O4S/c28-22-19-11-10-16(23(29)30)13-20(19)25-24(31)27(22)17-7-3-8-18(14-17)32-26-12-4-6-15-5-1-2-9-21(15)26/h1-3,5,7-11,13-14,24-25,31H,4,6,12H2,(H,29,30). The van der Waals surface area contributed by atoms with Crippen molar-refractivity contribution in [3.05, 3.63) is 83.4 Å². The number of carboxylic acids is 1. The maximum atomic E-state index is 13.1. The fourth-order valence-electron chi connectivity index (χ4n) is 4.10. The largest absolute Gasteiger partial charge is 0.478 e. The van der Waals surface area contributed by atoms with Gasteiger partial charge < -0.3 is 19.8 Å². The molecular formula is C24H21N3O4S. The van der Waals surface area contributed by atoms with Crippen LogP contribution >= 0.6 is 11.9 Å². The highest BCUT2D eigenvalue weighted by Gasteiger charge is 2.32. The van der Waals surface area contributed by atoms with Gasteiger partial charge in [-0.1, -0.05) is 24.3 Å². The van der Waals surface area contributed by atoms with Gasteiger partial charge >= 0.3 is 5.97 Å². The molecule has 2 aliphatic heterocycles. The first-order chi connectivity index (χ1) is 15.5. The summed E-state index contributed by atoms with van der Waals surface area (Å²) in [4.78, 5) is 26.6. The van der Waals surface area contributed by atoms with Crippen molar-refractivity contribution < 1.29 is 19.8 Å². The number of carboxylic acid groups (broad SMARTS) is 1. The van der Waals surface area contributed by atoms with Gasteiger partial charge in [-0.15, -0.1) is 0 Å². The number of aliphatic hydroxyl groups is 1. The van der Waals surface area contributed by atoms with Gasteiger partial charge in [0.25, 0.3) is 5.91 Å². The van der Waals surface area contributed by atoms with Crippen LogP contribution in [-0.4, -0.2) is 35.0 Å². The van der Waals surface area contributed by atoms with Crippen molar-refractivity contribution in [3.8, 4) is 0 Å². The van der Waals surface area contributed by atoms with E-state index in [1.807, 2.05) is 24.3 Å². The Morgan fingerprint density at radius 1 is 1.06 bits per heavy atom. The van der Waals surface area contributed by atoms with Crippen molar-refractivity contribution in [1.29, 1.82) is 0 Å². The number of hydrogen-bond donors (Lipinski definition) is 3. The predicted molar refractivity (Wildman–Crippen MR) is 124 cm³/mol. The zero-order chi connectivity index (χ0) is 22.2. The number of benzene rings is 3. The molecule has 0 fully saturated rings. The van der Waals surface area contributed by atoms with Crippen molar-refractivity contribution in [2.24, 2.45) is 0 Å². The molecule has 3 aromatic carbocycles. The van der Waals surface area contributed by atoms with E-state index in [-0.39, 0.29) is 5.56 Å². The lowest BCUT2D eigenvalue weighted by Gasteiger charge is -2.35. The minimum absolute atomic E-state index is 0.0462. The highest BCUT2D eigenvalue weighted by molar-refractivity contribution is 8.00. The molecule has 0 aromatic heterocycles. The molecule has 2 heterocycles. The predicted octanol–water partition coefficient (Wildman–Crippen LogP) is 4.19. The summed E-state index contributed by atoms with van der Waals surface area (Å²) < 4.78 is 2.26. The van der Waals surface area contributed by atoms with Crippen LogP contribution in [0.3, 0.4) is 0 Å². The number of nitrogens with zero attached hydrogens (tertiary/aromatic N) is 2. The molecule has 0 spiro atoms.